The van der Waals surface area contributed by atoms with E-state index in [-0.39, 0.29) is 11.8 Å². The fourth-order valence-electron chi connectivity index (χ4n) is 2.93. The van der Waals surface area contributed by atoms with E-state index >= 15 is 0 Å². The van der Waals surface area contributed by atoms with E-state index in [0.717, 1.165) is 23.7 Å². The first-order chi connectivity index (χ1) is 13.5. The number of anilines is 1. The van der Waals surface area contributed by atoms with Gasteiger partial charge in [-0.25, -0.2) is 0 Å². The van der Waals surface area contributed by atoms with Gasteiger partial charge in [-0.3, -0.25) is 14.5 Å². The molecule has 28 heavy (non-hydrogen) atoms. The van der Waals surface area contributed by atoms with E-state index in [2.05, 4.69) is 41.5 Å². The SMILES string of the molecule is CC(C)N(CCNC(=O)/C=C1\Sc2ccccc2NC1=O)Cc1ccccc1. The zero-order valence-corrected chi connectivity index (χ0v) is 17.0. The van der Waals surface area contributed by atoms with Crippen molar-refractivity contribution in [1.29, 1.82) is 0 Å². The molecule has 1 heterocycles. The molecule has 2 aromatic rings. The van der Waals surface area contributed by atoms with Gasteiger partial charge in [0.25, 0.3) is 5.91 Å². The predicted octanol–water partition coefficient (Wildman–Crippen LogP) is 3.64. The van der Waals surface area contributed by atoms with Crippen molar-refractivity contribution in [3.8, 4) is 0 Å². The number of hydrogen-bond donors (Lipinski definition) is 2. The van der Waals surface area contributed by atoms with Gasteiger partial charge in [0.15, 0.2) is 0 Å². The predicted molar refractivity (Wildman–Crippen MR) is 114 cm³/mol. The van der Waals surface area contributed by atoms with E-state index in [1.807, 2.05) is 42.5 Å². The van der Waals surface area contributed by atoms with Crippen LogP contribution >= 0.6 is 11.8 Å². The molecule has 0 radical (unpaired) electrons. The zero-order chi connectivity index (χ0) is 19.9. The molecule has 0 spiro atoms. The average molecular weight is 396 g/mol. The molecule has 3 rings (SSSR count). The van der Waals surface area contributed by atoms with Crippen molar-refractivity contribution in [2.45, 2.75) is 31.3 Å². The molecule has 0 unspecified atom stereocenters. The van der Waals surface area contributed by atoms with Crippen molar-refractivity contribution >= 4 is 29.3 Å². The van der Waals surface area contributed by atoms with E-state index in [4.69, 9.17) is 0 Å². The Kier molecular flexibility index (Phi) is 6.90. The summed E-state index contributed by atoms with van der Waals surface area (Å²) in [6, 6.07) is 18.2. The molecule has 6 heteroatoms. The van der Waals surface area contributed by atoms with Crippen LogP contribution in [0.3, 0.4) is 0 Å². The van der Waals surface area contributed by atoms with E-state index in [0.29, 0.717) is 17.5 Å². The standard InChI is InChI=1S/C22H25N3O2S/c1-16(2)25(15-17-8-4-3-5-9-17)13-12-23-21(26)14-20-22(27)24-18-10-6-7-11-19(18)28-20/h3-11,14,16H,12-13,15H2,1-2H3,(H,23,26)(H,24,27)/b20-14-. The van der Waals surface area contributed by atoms with Crippen LogP contribution in [0.5, 0.6) is 0 Å². The smallest absolute Gasteiger partial charge is 0.262 e. The first-order valence-corrected chi connectivity index (χ1v) is 10.2. The number of thioether (sulfide) groups is 1. The summed E-state index contributed by atoms with van der Waals surface area (Å²) in [6.07, 6.45) is 1.38. The number of carbonyl (C=O) groups excluding carboxylic acids is 2. The van der Waals surface area contributed by atoms with Crippen LogP contribution in [0, 0.1) is 0 Å². The topological polar surface area (TPSA) is 61.4 Å². The second-order valence-electron chi connectivity index (χ2n) is 6.90. The van der Waals surface area contributed by atoms with E-state index in [9.17, 15) is 9.59 Å². The van der Waals surface area contributed by atoms with Crippen molar-refractivity contribution in [2.75, 3.05) is 18.4 Å². The number of rotatable bonds is 7. The van der Waals surface area contributed by atoms with Gasteiger partial charge in [0.1, 0.15) is 0 Å². The van der Waals surface area contributed by atoms with Gasteiger partial charge in [-0.2, -0.15) is 0 Å². The Morgan fingerprint density at radius 3 is 2.61 bits per heavy atom. The second kappa shape index (κ2) is 9.57. The van der Waals surface area contributed by atoms with Crippen LogP contribution in [0.15, 0.2) is 70.5 Å². The summed E-state index contributed by atoms with van der Waals surface area (Å²) >= 11 is 1.32. The minimum atomic E-state index is -0.250. The van der Waals surface area contributed by atoms with Gasteiger partial charge in [0.2, 0.25) is 5.91 Å². The molecule has 2 aromatic carbocycles. The fraction of sp³-hybridized carbons (Fsp3) is 0.273. The molecular formula is C22H25N3O2S. The Hall–Kier alpha value is -2.57. The van der Waals surface area contributed by atoms with Crippen molar-refractivity contribution in [1.82, 2.24) is 10.2 Å². The van der Waals surface area contributed by atoms with Gasteiger partial charge in [0.05, 0.1) is 10.6 Å². The summed E-state index contributed by atoms with van der Waals surface area (Å²) in [5, 5.41) is 5.71. The second-order valence-corrected chi connectivity index (χ2v) is 7.99. The lowest BCUT2D eigenvalue weighted by molar-refractivity contribution is -0.117. The number of carbonyl (C=O) groups is 2. The lowest BCUT2D eigenvalue weighted by Crippen LogP contribution is -2.38. The number of para-hydroxylation sites is 1. The van der Waals surface area contributed by atoms with Crippen LogP contribution in [-0.2, 0) is 16.1 Å². The summed E-state index contributed by atoms with van der Waals surface area (Å²) < 4.78 is 0. The minimum absolute atomic E-state index is 0.244. The zero-order valence-electron chi connectivity index (χ0n) is 16.1. The van der Waals surface area contributed by atoms with Gasteiger partial charge in [-0.1, -0.05) is 54.2 Å². The highest BCUT2D eigenvalue weighted by molar-refractivity contribution is 8.04. The Balaban J connectivity index is 1.53. The number of benzene rings is 2. The minimum Gasteiger partial charge on any atom is -0.351 e. The van der Waals surface area contributed by atoms with E-state index < -0.39 is 0 Å². The maximum Gasteiger partial charge on any atom is 0.262 e. The first-order valence-electron chi connectivity index (χ1n) is 9.38. The molecule has 2 amide bonds. The molecule has 0 aliphatic carbocycles. The molecule has 1 aliphatic rings. The Labute approximate surface area is 170 Å². The van der Waals surface area contributed by atoms with Crippen LogP contribution in [0.4, 0.5) is 5.69 Å². The van der Waals surface area contributed by atoms with Crippen LogP contribution in [0.2, 0.25) is 0 Å². The first kappa shape index (κ1) is 20.2. The molecule has 146 valence electrons. The summed E-state index contributed by atoms with van der Waals surface area (Å²) in [5.41, 5.74) is 2.03. The van der Waals surface area contributed by atoms with Crippen LogP contribution in [0.1, 0.15) is 19.4 Å². The summed E-state index contributed by atoms with van der Waals surface area (Å²) in [7, 11) is 0. The number of amides is 2. The molecular weight excluding hydrogens is 370 g/mol. The highest BCUT2D eigenvalue weighted by Gasteiger charge is 2.21. The lowest BCUT2D eigenvalue weighted by atomic mass is 10.2. The quantitative estimate of drug-likeness (QED) is 0.703. The largest absolute Gasteiger partial charge is 0.351 e. The summed E-state index contributed by atoms with van der Waals surface area (Å²) in [5.74, 6) is -0.493. The lowest BCUT2D eigenvalue weighted by Gasteiger charge is -2.26. The van der Waals surface area contributed by atoms with Gasteiger partial charge in [-0.15, -0.1) is 0 Å². The summed E-state index contributed by atoms with van der Waals surface area (Å²) in [6.45, 7) is 6.39. The molecule has 0 aromatic heterocycles. The third-order valence-electron chi connectivity index (χ3n) is 4.50. The number of hydrogen-bond acceptors (Lipinski definition) is 4. The van der Waals surface area contributed by atoms with Gasteiger partial charge < -0.3 is 10.6 Å². The van der Waals surface area contributed by atoms with Gasteiger partial charge in [0, 0.05) is 36.6 Å². The Bertz CT molecular complexity index is 865. The maximum absolute atomic E-state index is 12.3. The monoisotopic (exact) mass is 395 g/mol. The third kappa shape index (κ3) is 5.47. The molecule has 0 saturated carbocycles. The van der Waals surface area contributed by atoms with Crippen molar-refractivity contribution < 1.29 is 9.59 Å². The van der Waals surface area contributed by atoms with Crippen molar-refractivity contribution in [3.63, 3.8) is 0 Å². The molecule has 0 bridgehead atoms. The van der Waals surface area contributed by atoms with Gasteiger partial charge >= 0.3 is 0 Å². The Morgan fingerprint density at radius 1 is 1.14 bits per heavy atom. The van der Waals surface area contributed by atoms with Crippen molar-refractivity contribution in [3.05, 3.63) is 71.1 Å². The molecule has 0 fully saturated rings. The number of fused-ring (bicyclic) bond motifs is 1. The number of nitrogens with one attached hydrogen (secondary N) is 2. The summed E-state index contributed by atoms with van der Waals surface area (Å²) in [4.78, 5) is 28.1. The Morgan fingerprint density at radius 2 is 1.86 bits per heavy atom. The highest BCUT2D eigenvalue weighted by atomic mass is 32.2. The van der Waals surface area contributed by atoms with E-state index in [1.54, 1.807) is 0 Å². The van der Waals surface area contributed by atoms with E-state index in [1.165, 1.54) is 23.4 Å². The highest BCUT2D eigenvalue weighted by Crippen LogP contribution is 2.37. The average Bonchev–Trinajstić information content (AvgIpc) is 2.68. The molecule has 2 N–H and O–H groups in total. The van der Waals surface area contributed by atoms with Gasteiger partial charge in [-0.05, 0) is 31.5 Å². The molecule has 0 saturated heterocycles. The molecule has 1 aliphatic heterocycles. The van der Waals surface area contributed by atoms with Crippen LogP contribution < -0.4 is 10.6 Å². The third-order valence-corrected chi connectivity index (χ3v) is 5.60. The molecule has 5 nitrogen and oxygen atoms in total. The maximum atomic E-state index is 12.3. The fourth-order valence-corrected chi connectivity index (χ4v) is 3.86. The number of nitrogens with zero attached hydrogens (tertiary/aromatic N) is 1. The normalized spacial score (nSPS) is 14.9. The van der Waals surface area contributed by atoms with Crippen molar-refractivity contribution in [2.24, 2.45) is 0 Å². The van der Waals surface area contributed by atoms with Crippen LogP contribution in [0.25, 0.3) is 0 Å². The van der Waals surface area contributed by atoms with Crippen LogP contribution in [-0.4, -0.2) is 35.8 Å². The molecule has 0 atom stereocenters.